The fourth-order valence-corrected chi connectivity index (χ4v) is 0.657. The molecule has 5 nitrogen and oxygen atoms in total. The predicted octanol–water partition coefficient (Wildman–Crippen LogP) is 3.39. The molecule has 0 aromatic carbocycles. The van der Waals surface area contributed by atoms with Crippen molar-refractivity contribution < 1.29 is 34.7 Å². The Bertz CT molecular complexity index is 384. The number of nitrogens with zero attached hydrogens (tertiary/aromatic N) is 3. The van der Waals surface area contributed by atoms with Gasteiger partial charge in [0.15, 0.2) is 0 Å². The van der Waals surface area contributed by atoms with Crippen molar-refractivity contribution in [1.82, 2.24) is 4.90 Å². The van der Waals surface area contributed by atoms with Crippen LogP contribution in [0.1, 0.15) is 0 Å². The van der Waals surface area contributed by atoms with Crippen molar-refractivity contribution in [1.29, 1.82) is 0 Å². The summed E-state index contributed by atoms with van der Waals surface area (Å²) < 4.78 is 60.8. The van der Waals surface area contributed by atoms with Gasteiger partial charge in [-0.1, -0.05) is 0 Å². The van der Waals surface area contributed by atoms with E-state index in [1.807, 2.05) is 0 Å². The molecule has 12 heteroatoms. The summed E-state index contributed by atoms with van der Waals surface area (Å²) in [5.41, 5.74) is 0.0741. The Balaban J connectivity index is 0. The van der Waals surface area contributed by atoms with Gasteiger partial charge in [0.1, 0.15) is 14.1 Å². The molecule has 0 aliphatic rings. The van der Waals surface area contributed by atoms with Gasteiger partial charge in [0.25, 0.3) is 0 Å². The Morgan fingerprint density at radius 2 is 1.42 bits per heavy atom. The van der Waals surface area contributed by atoms with Gasteiger partial charge in [0, 0.05) is 14.1 Å². The van der Waals surface area contributed by atoms with E-state index < -0.39 is 12.7 Å². The van der Waals surface area contributed by atoms with Crippen molar-refractivity contribution in [3.8, 4) is 0 Å². The number of nitro groups is 1. The summed E-state index contributed by atoms with van der Waals surface area (Å²) >= 11 is 0. The van der Waals surface area contributed by atoms with E-state index in [-0.39, 0.29) is 5.70 Å². The van der Waals surface area contributed by atoms with Crippen molar-refractivity contribution in [2.75, 3.05) is 28.2 Å². The van der Waals surface area contributed by atoms with Gasteiger partial charge in [-0.3, -0.25) is 10.1 Å². The van der Waals surface area contributed by atoms with Gasteiger partial charge >= 0.3 is 38.7 Å². The molecule has 0 amide bonds. The molecular weight excluding hydrogens is 303 g/mol. The topological polar surface area (TPSA) is 49.4 Å². The third-order valence-electron chi connectivity index (χ3n) is 0.992. The van der Waals surface area contributed by atoms with Crippen LogP contribution in [-0.4, -0.2) is 48.8 Å². The number of rotatable bonds is 3. The van der Waals surface area contributed by atoms with Crippen LogP contribution < -0.4 is 0 Å². The average molecular weight is 317 g/mol. The second-order valence-electron chi connectivity index (χ2n) is 3.83. The van der Waals surface area contributed by atoms with Crippen molar-refractivity contribution in [3.05, 3.63) is 22.0 Å². The van der Waals surface area contributed by atoms with Crippen LogP contribution in [0.3, 0.4) is 0 Å². The molecule has 0 rings (SSSR count). The van der Waals surface area contributed by atoms with Crippen LogP contribution >= 0.6 is 7.81 Å². The summed E-state index contributed by atoms with van der Waals surface area (Å²) in [7, 11) is -3.69. The van der Waals surface area contributed by atoms with E-state index >= 15 is 0 Å². The summed E-state index contributed by atoms with van der Waals surface area (Å²) in [6.45, 7) is 0. The minimum atomic E-state index is -10.7. The van der Waals surface area contributed by atoms with Crippen LogP contribution in [0.25, 0.3) is 0 Å². The molecule has 0 spiro atoms. The van der Waals surface area contributed by atoms with Crippen molar-refractivity contribution in [2.45, 2.75) is 0 Å². The molecular formula is C7H14F6N3O2P. The maximum atomic E-state index is 10.4. The molecule has 0 bridgehead atoms. The molecule has 0 radical (unpaired) electrons. The number of allylic oxidation sites excluding steroid dienone is 1. The van der Waals surface area contributed by atoms with Crippen LogP contribution in [0, 0.1) is 10.1 Å². The molecule has 0 saturated heterocycles. The molecule has 0 heterocycles. The van der Waals surface area contributed by atoms with Crippen molar-refractivity contribution in [2.24, 2.45) is 0 Å². The Labute approximate surface area is 105 Å². The first-order valence-corrected chi connectivity index (χ1v) is 6.51. The summed E-state index contributed by atoms with van der Waals surface area (Å²) in [6.07, 6.45) is 2.92. The second-order valence-corrected chi connectivity index (χ2v) is 5.74. The van der Waals surface area contributed by atoms with Gasteiger partial charge < -0.3 is 4.90 Å². The zero-order chi connectivity index (χ0) is 16.1. The monoisotopic (exact) mass is 317 g/mol. The van der Waals surface area contributed by atoms with Crippen molar-refractivity contribution in [3.63, 3.8) is 0 Å². The zero-order valence-electron chi connectivity index (χ0n) is 10.5. The van der Waals surface area contributed by atoms with E-state index in [0.717, 1.165) is 0 Å². The average Bonchev–Trinajstić information content (AvgIpc) is 1.94. The zero-order valence-corrected chi connectivity index (χ0v) is 11.4. The predicted molar refractivity (Wildman–Crippen MR) is 60.5 cm³/mol. The van der Waals surface area contributed by atoms with Crippen LogP contribution in [-0.2, 0) is 0 Å². The minimum absolute atomic E-state index is 0.0741. The molecule has 0 aliphatic carbocycles. The Morgan fingerprint density at radius 3 is 1.58 bits per heavy atom. The summed E-state index contributed by atoms with van der Waals surface area (Å²) in [4.78, 5) is 11.6. The van der Waals surface area contributed by atoms with E-state index in [1.54, 1.807) is 37.7 Å². The molecule has 116 valence electrons. The summed E-state index contributed by atoms with van der Waals surface area (Å²) in [5, 5.41) is 10.4. The number of halogens is 6. The second kappa shape index (κ2) is 5.32. The quantitative estimate of drug-likeness (QED) is 0.200. The van der Waals surface area contributed by atoms with Gasteiger partial charge in [-0.2, -0.15) is 0 Å². The van der Waals surface area contributed by atoms with Crippen LogP contribution in [0.2, 0.25) is 0 Å². The van der Waals surface area contributed by atoms with Crippen LogP contribution in [0.15, 0.2) is 11.9 Å². The first kappa shape index (κ1) is 19.9. The first-order chi connectivity index (χ1) is 7.88. The van der Waals surface area contributed by atoms with E-state index in [0.29, 0.717) is 0 Å². The third kappa shape index (κ3) is 31.5. The number of hydrogen-bond acceptors (Lipinski definition) is 3. The third-order valence-corrected chi connectivity index (χ3v) is 0.992. The Hall–Kier alpha value is -1.38. The SMILES string of the molecule is CN(C)/C=C(/C=[N+](C)C)[N+](=O)[O-].F[P-](F)(F)(F)(F)F. The maximum absolute atomic E-state index is 10.7. The Kier molecular flexibility index (Phi) is 5.58. The first-order valence-electron chi connectivity index (χ1n) is 4.49. The van der Waals surface area contributed by atoms with Gasteiger partial charge in [0.05, 0.1) is 11.1 Å². The molecule has 19 heavy (non-hydrogen) atoms. The molecule has 0 aliphatic heterocycles. The van der Waals surface area contributed by atoms with Crippen LogP contribution in [0.5, 0.6) is 0 Å². The molecule has 0 unspecified atom stereocenters. The molecule has 0 N–H and O–H groups in total. The standard InChI is InChI=1S/C7H14N3O2.F6P/c1-8(2)5-7(10(11)12)6-9(3)4;1-7(2,3,4,5)6/h5-6H,1-4H3;/q+1;-1. The molecule has 0 aromatic heterocycles. The molecule has 0 fully saturated rings. The normalized spacial score (nSPS) is 15.4. The molecule has 0 aromatic rings. The molecule has 0 saturated carbocycles. The fraction of sp³-hybridized carbons (Fsp3) is 0.571. The Morgan fingerprint density at radius 1 is 1.11 bits per heavy atom. The van der Waals surface area contributed by atoms with E-state index in [9.17, 15) is 35.3 Å². The van der Waals surface area contributed by atoms with Crippen molar-refractivity contribution >= 4 is 14.0 Å². The van der Waals surface area contributed by atoms with Gasteiger partial charge in [-0.25, -0.2) is 4.58 Å². The van der Waals surface area contributed by atoms with Gasteiger partial charge in [-0.05, 0) is 0 Å². The summed E-state index contributed by atoms with van der Waals surface area (Å²) in [6, 6.07) is 0. The van der Waals surface area contributed by atoms with E-state index in [4.69, 9.17) is 0 Å². The number of hydrogen-bond donors (Lipinski definition) is 0. The van der Waals surface area contributed by atoms with E-state index in [2.05, 4.69) is 0 Å². The van der Waals surface area contributed by atoms with Gasteiger partial charge in [-0.15, -0.1) is 0 Å². The summed E-state index contributed by atoms with van der Waals surface area (Å²) in [5.74, 6) is 0. The van der Waals surface area contributed by atoms with E-state index in [1.165, 1.54) is 12.4 Å². The van der Waals surface area contributed by atoms with Crippen LogP contribution in [0.4, 0.5) is 25.2 Å². The molecule has 0 atom stereocenters. The van der Waals surface area contributed by atoms with Gasteiger partial charge in [0.2, 0.25) is 6.21 Å². The fourth-order valence-electron chi connectivity index (χ4n) is 0.657.